The Kier molecular flexibility index (Phi) is 9.81. The Morgan fingerprint density at radius 2 is 1.82 bits per heavy atom. The lowest BCUT2D eigenvalue weighted by Crippen LogP contribution is -2.44. The number of benzene rings is 2. The van der Waals surface area contributed by atoms with E-state index in [-0.39, 0.29) is 24.0 Å². The monoisotopic (exact) mass is 573 g/mol. The Balaban J connectivity index is 0.00000324. The number of aromatic nitrogens is 1. The molecule has 1 unspecified atom stereocenters. The zero-order valence-corrected chi connectivity index (χ0v) is 21.9. The van der Waals surface area contributed by atoms with E-state index in [4.69, 9.17) is 9.47 Å². The quantitative estimate of drug-likeness (QED) is 0.229. The molecule has 34 heavy (non-hydrogen) atoms. The zero-order valence-electron chi connectivity index (χ0n) is 19.6. The number of guanidine groups is 1. The second-order valence-corrected chi connectivity index (χ2v) is 7.82. The van der Waals surface area contributed by atoms with E-state index >= 15 is 0 Å². The molecule has 0 aliphatic carbocycles. The average molecular weight is 573 g/mol. The number of aliphatic imine (C=N–C) groups is 1. The maximum absolute atomic E-state index is 5.90. The molecule has 0 bridgehead atoms. The molecule has 1 atom stereocenters. The summed E-state index contributed by atoms with van der Waals surface area (Å²) >= 11 is 0. The van der Waals surface area contributed by atoms with Gasteiger partial charge in [-0.25, -0.2) is 4.98 Å². The molecule has 1 saturated heterocycles. The minimum absolute atomic E-state index is 0. The van der Waals surface area contributed by atoms with Gasteiger partial charge in [-0.2, -0.15) is 0 Å². The molecule has 1 fully saturated rings. The first-order valence-corrected chi connectivity index (χ1v) is 11.4. The highest BCUT2D eigenvalue weighted by molar-refractivity contribution is 14.0. The molecule has 0 spiro atoms. The van der Waals surface area contributed by atoms with Gasteiger partial charge in [0, 0.05) is 50.7 Å². The number of para-hydroxylation sites is 3. The van der Waals surface area contributed by atoms with Gasteiger partial charge in [0.1, 0.15) is 0 Å². The molecule has 2 aromatic carbocycles. The summed E-state index contributed by atoms with van der Waals surface area (Å²) in [5.74, 6) is 2.69. The number of halogens is 1. The fourth-order valence-electron chi connectivity index (χ4n) is 3.82. The van der Waals surface area contributed by atoms with Crippen molar-refractivity contribution in [3.05, 3.63) is 78.5 Å². The van der Waals surface area contributed by atoms with Crippen LogP contribution in [0.1, 0.15) is 18.9 Å². The molecular weight excluding hydrogens is 541 g/mol. The Hall–Kier alpha value is -3.01. The molecule has 0 amide bonds. The van der Waals surface area contributed by atoms with Gasteiger partial charge < -0.3 is 25.0 Å². The van der Waals surface area contributed by atoms with Gasteiger partial charge in [-0.15, -0.1) is 24.0 Å². The van der Waals surface area contributed by atoms with E-state index in [1.165, 1.54) is 5.69 Å². The van der Waals surface area contributed by atoms with Crippen LogP contribution in [0, 0.1) is 0 Å². The first-order valence-electron chi connectivity index (χ1n) is 11.4. The molecule has 2 N–H and O–H groups in total. The minimum Gasteiger partial charge on any atom is -0.490 e. The third kappa shape index (κ3) is 6.99. The van der Waals surface area contributed by atoms with Gasteiger partial charge in [0.25, 0.3) is 0 Å². The molecule has 180 valence electrons. The third-order valence-electron chi connectivity index (χ3n) is 5.50. The van der Waals surface area contributed by atoms with Crippen LogP contribution in [-0.2, 0) is 6.54 Å². The summed E-state index contributed by atoms with van der Waals surface area (Å²) in [6, 6.07) is 22.4. The van der Waals surface area contributed by atoms with E-state index in [0.29, 0.717) is 36.6 Å². The molecule has 8 heteroatoms. The minimum atomic E-state index is 0. The van der Waals surface area contributed by atoms with E-state index in [1.54, 1.807) is 7.05 Å². The first kappa shape index (κ1) is 25.6. The molecule has 0 saturated carbocycles. The topological polar surface area (TPSA) is 71.0 Å². The normalized spacial score (nSPS) is 15.4. The maximum atomic E-state index is 5.90. The van der Waals surface area contributed by atoms with Crippen molar-refractivity contribution in [2.24, 2.45) is 4.99 Å². The van der Waals surface area contributed by atoms with Crippen LogP contribution in [0.4, 0.5) is 5.69 Å². The molecule has 2 heterocycles. The predicted octanol–water partition coefficient (Wildman–Crippen LogP) is 4.83. The van der Waals surface area contributed by atoms with Crippen molar-refractivity contribution in [2.45, 2.75) is 25.9 Å². The second-order valence-electron chi connectivity index (χ2n) is 7.82. The maximum Gasteiger partial charge on any atom is 0.219 e. The number of ether oxygens (including phenoxy) is 2. The summed E-state index contributed by atoms with van der Waals surface area (Å²) in [5.41, 5.74) is 2.31. The van der Waals surface area contributed by atoms with Gasteiger partial charge in [-0.3, -0.25) is 4.99 Å². The van der Waals surface area contributed by atoms with Crippen molar-refractivity contribution in [3.8, 4) is 17.4 Å². The number of anilines is 1. The van der Waals surface area contributed by atoms with Gasteiger partial charge in [-0.05, 0) is 43.2 Å². The summed E-state index contributed by atoms with van der Waals surface area (Å²) in [4.78, 5) is 11.2. The molecular formula is C26H32IN5O2. The van der Waals surface area contributed by atoms with Crippen LogP contribution in [0.25, 0.3) is 0 Å². The van der Waals surface area contributed by atoms with Crippen molar-refractivity contribution in [2.75, 3.05) is 31.6 Å². The van der Waals surface area contributed by atoms with Gasteiger partial charge in [0.2, 0.25) is 5.88 Å². The summed E-state index contributed by atoms with van der Waals surface area (Å²) in [6.45, 7) is 5.15. The number of hydrogen-bond acceptors (Lipinski definition) is 5. The summed E-state index contributed by atoms with van der Waals surface area (Å²) in [7, 11) is 1.80. The van der Waals surface area contributed by atoms with Gasteiger partial charge in [-0.1, -0.05) is 36.4 Å². The Labute approximate surface area is 218 Å². The predicted molar refractivity (Wildman–Crippen MR) is 148 cm³/mol. The van der Waals surface area contributed by atoms with E-state index in [0.717, 1.165) is 31.0 Å². The van der Waals surface area contributed by atoms with E-state index < -0.39 is 0 Å². The van der Waals surface area contributed by atoms with Crippen LogP contribution in [0.2, 0.25) is 0 Å². The lowest BCUT2D eigenvalue weighted by molar-refractivity contribution is 0.319. The van der Waals surface area contributed by atoms with Crippen LogP contribution in [0.3, 0.4) is 0 Å². The standard InChI is InChI=1S/C26H31N5O2.HI/c1-3-32-23-11-7-8-12-24(23)33-25-14-13-20(17-28-25)18-29-26(27-2)30-21-15-16-31(19-21)22-9-5-4-6-10-22;/h4-14,17,21H,3,15-16,18-19H2,1-2H3,(H2,27,29,30);1H. The summed E-state index contributed by atoms with van der Waals surface area (Å²) < 4.78 is 11.5. The zero-order chi connectivity index (χ0) is 22.9. The highest BCUT2D eigenvalue weighted by Crippen LogP contribution is 2.30. The van der Waals surface area contributed by atoms with Crippen LogP contribution < -0.4 is 25.0 Å². The molecule has 3 aromatic rings. The third-order valence-corrected chi connectivity index (χ3v) is 5.50. The van der Waals surface area contributed by atoms with Gasteiger partial charge in [0.05, 0.1) is 6.61 Å². The number of nitrogens with one attached hydrogen (secondary N) is 2. The van der Waals surface area contributed by atoms with E-state index in [2.05, 4.69) is 49.8 Å². The Bertz CT molecular complexity index is 1050. The smallest absolute Gasteiger partial charge is 0.219 e. The van der Waals surface area contributed by atoms with E-state index in [1.807, 2.05) is 55.6 Å². The molecule has 0 radical (unpaired) electrons. The number of hydrogen-bond donors (Lipinski definition) is 2. The average Bonchev–Trinajstić information content (AvgIpc) is 3.33. The largest absolute Gasteiger partial charge is 0.490 e. The lowest BCUT2D eigenvalue weighted by Gasteiger charge is -2.20. The fourth-order valence-corrected chi connectivity index (χ4v) is 3.82. The van der Waals surface area contributed by atoms with Crippen molar-refractivity contribution in [1.82, 2.24) is 15.6 Å². The van der Waals surface area contributed by atoms with E-state index in [9.17, 15) is 0 Å². The number of rotatable bonds is 8. The van der Waals surface area contributed by atoms with Gasteiger partial charge in [0.15, 0.2) is 17.5 Å². The second kappa shape index (κ2) is 13.0. The van der Waals surface area contributed by atoms with Crippen molar-refractivity contribution >= 4 is 35.6 Å². The Morgan fingerprint density at radius 1 is 1.06 bits per heavy atom. The highest BCUT2D eigenvalue weighted by Gasteiger charge is 2.23. The van der Waals surface area contributed by atoms with Crippen molar-refractivity contribution < 1.29 is 9.47 Å². The van der Waals surface area contributed by atoms with Crippen molar-refractivity contribution in [1.29, 1.82) is 0 Å². The van der Waals surface area contributed by atoms with Crippen LogP contribution >= 0.6 is 24.0 Å². The lowest BCUT2D eigenvalue weighted by atomic mass is 10.2. The molecule has 1 aliphatic heterocycles. The van der Waals surface area contributed by atoms with Crippen LogP contribution in [-0.4, -0.2) is 43.7 Å². The first-order chi connectivity index (χ1) is 16.2. The number of pyridine rings is 1. The SMILES string of the molecule is CCOc1ccccc1Oc1ccc(CNC(=NC)NC2CCN(c3ccccc3)C2)cn1.I. The highest BCUT2D eigenvalue weighted by atomic mass is 127. The van der Waals surface area contributed by atoms with Crippen molar-refractivity contribution in [3.63, 3.8) is 0 Å². The molecule has 1 aliphatic rings. The van der Waals surface area contributed by atoms with Gasteiger partial charge >= 0.3 is 0 Å². The molecule has 7 nitrogen and oxygen atoms in total. The summed E-state index contributed by atoms with van der Waals surface area (Å²) in [5, 5.41) is 6.92. The fraction of sp³-hybridized carbons (Fsp3) is 0.308. The van der Waals surface area contributed by atoms with Crippen LogP contribution in [0.5, 0.6) is 17.4 Å². The Morgan fingerprint density at radius 3 is 2.53 bits per heavy atom. The molecule has 4 rings (SSSR count). The number of nitrogens with zero attached hydrogens (tertiary/aromatic N) is 3. The summed E-state index contributed by atoms with van der Waals surface area (Å²) in [6.07, 6.45) is 2.89. The van der Waals surface area contributed by atoms with Crippen LogP contribution in [0.15, 0.2) is 77.9 Å². The molecule has 1 aromatic heterocycles.